The van der Waals surface area contributed by atoms with Gasteiger partial charge in [-0.3, -0.25) is 0 Å². The number of hydrogen-bond donors (Lipinski definition) is 1. The van der Waals surface area contributed by atoms with Gasteiger partial charge in [0.25, 0.3) is 0 Å². The molecule has 2 heterocycles. The van der Waals surface area contributed by atoms with E-state index in [0.717, 1.165) is 59.5 Å². The van der Waals surface area contributed by atoms with Crippen molar-refractivity contribution in [3.63, 3.8) is 0 Å². The average Bonchev–Trinajstić information content (AvgIpc) is 3.07. The van der Waals surface area contributed by atoms with Gasteiger partial charge in [-0.1, -0.05) is 29.9 Å². The minimum absolute atomic E-state index is 0.264. The summed E-state index contributed by atoms with van der Waals surface area (Å²) in [5.41, 5.74) is 8.97. The Morgan fingerprint density at radius 3 is 2.81 bits per heavy atom. The first-order valence-electron chi connectivity index (χ1n) is 8.90. The predicted octanol–water partition coefficient (Wildman–Crippen LogP) is 3.90. The lowest BCUT2D eigenvalue weighted by molar-refractivity contribution is 0.114. The summed E-state index contributed by atoms with van der Waals surface area (Å²) in [7, 11) is 2.15. The topological polar surface area (TPSA) is 64.5 Å². The van der Waals surface area contributed by atoms with Gasteiger partial charge in [0.15, 0.2) is 5.76 Å². The van der Waals surface area contributed by atoms with Crippen LogP contribution >= 0.6 is 0 Å². The molecule has 134 valence electrons. The Hall–Kier alpha value is -2.79. The van der Waals surface area contributed by atoms with Gasteiger partial charge in [-0.15, -0.1) is 0 Å². The standard InChI is InChI=1S/C21H23N3O2/c1-14(22)15-6-7-20-19(13-15)21(26-23-20)16-4-3-5-18(12-16)25-17-8-10-24(2)11-9-17/h3-7,12-13,17H,1,8-11,22H2,2H3. The molecule has 1 aliphatic heterocycles. The molecular weight excluding hydrogens is 326 g/mol. The largest absolute Gasteiger partial charge is 0.490 e. The predicted molar refractivity (Wildman–Crippen MR) is 104 cm³/mol. The number of nitrogens with zero attached hydrogens (tertiary/aromatic N) is 2. The summed E-state index contributed by atoms with van der Waals surface area (Å²) in [6.07, 6.45) is 2.36. The summed E-state index contributed by atoms with van der Waals surface area (Å²) in [6.45, 7) is 5.95. The highest BCUT2D eigenvalue weighted by atomic mass is 16.5. The van der Waals surface area contributed by atoms with Crippen LogP contribution in [-0.2, 0) is 0 Å². The maximum Gasteiger partial charge on any atom is 0.174 e. The molecule has 0 saturated carbocycles. The number of aromatic nitrogens is 1. The maximum absolute atomic E-state index is 6.19. The average molecular weight is 349 g/mol. The van der Waals surface area contributed by atoms with Crippen LogP contribution in [0.2, 0.25) is 0 Å². The van der Waals surface area contributed by atoms with Gasteiger partial charge < -0.3 is 19.9 Å². The Labute approximate surface area is 153 Å². The number of ether oxygens (including phenoxy) is 1. The fourth-order valence-corrected chi connectivity index (χ4v) is 3.36. The van der Waals surface area contributed by atoms with Crippen LogP contribution in [0.4, 0.5) is 0 Å². The molecule has 0 unspecified atom stereocenters. The zero-order valence-electron chi connectivity index (χ0n) is 14.9. The van der Waals surface area contributed by atoms with Gasteiger partial charge in [0.1, 0.15) is 17.4 Å². The fraction of sp³-hybridized carbons (Fsp3) is 0.286. The van der Waals surface area contributed by atoms with Gasteiger partial charge in [-0.2, -0.15) is 0 Å². The lowest BCUT2D eigenvalue weighted by Crippen LogP contribution is -2.35. The number of nitrogens with two attached hydrogens (primary N) is 1. The van der Waals surface area contributed by atoms with Crippen molar-refractivity contribution in [1.29, 1.82) is 0 Å². The Bertz CT molecular complexity index is 939. The second-order valence-corrected chi connectivity index (χ2v) is 6.92. The van der Waals surface area contributed by atoms with Gasteiger partial charge in [0.05, 0.1) is 5.39 Å². The molecular formula is C21H23N3O2. The normalized spacial score (nSPS) is 16.0. The Balaban J connectivity index is 1.63. The lowest BCUT2D eigenvalue weighted by Gasteiger charge is -2.29. The number of hydrogen-bond acceptors (Lipinski definition) is 5. The fourth-order valence-electron chi connectivity index (χ4n) is 3.36. The van der Waals surface area contributed by atoms with Crippen molar-refractivity contribution < 1.29 is 9.26 Å². The SMILES string of the molecule is C=C(N)c1ccc2noc(-c3cccc(OC4CCN(C)CC4)c3)c2c1. The monoisotopic (exact) mass is 349 g/mol. The molecule has 0 amide bonds. The molecule has 0 radical (unpaired) electrons. The minimum atomic E-state index is 0.264. The van der Waals surface area contributed by atoms with E-state index in [2.05, 4.69) is 23.7 Å². The summed E-state index contributed by atoms with van der Waals surface area (Å²) in [5.74, 6) is 1.58. The molecule has 0 bridgehead atoms. The van der Waals surface area contributed by atoms with E-state index in [4.69, 9.17) is 15.0 Å². The minimum Gasteiger partial charge on any atom is -0.490 e. The van der Waals surface area contributed by atoms with Gasteiger partial charge in [0.2, 0.25) is 0 Å². The summed E-state index contributed by atoms with van der Waals surface area (Å²) in [5, 5.41) is 5.08. The molecule has 3 aromatic rings. The Kier molecular flexibility index (Phi) is 4.39. The lowest BCUT2D eigenvalue weighted by atomic mass is 10.0. The third-order valence-electron chi connectivity index (χ3n) is 4.91. The molecule has 5 heteroatoms. The zero-order valence-corrected chi connectivity index (χ0v) is 14.9. The van der Waals surface area contributed by atoms with E-state index >= 15 is 0 Å². The van der Waals surface area contributed by atoms with Crippen LogP contribution in [0.15, 0.2) is 53.6 Å². The summed E-state index contributed by atoms with van der Waals surface area (Å²) < 4.78 is 11.8. The number of benzene rings is 2. The zero-order chi connectivity index (χ0) is 18.1. The first-order valence-corrected chi connectivity index (χ1v) is 8.90. The Morgan fingerprint density at radius 1 is 1.23 bits per heavy atom. The quantitative estimate of drug-likeness (QED) is 0.774. The third-order valence-corrected chi connectivity index (χ3v) is 4.91. The number of fused-ring (bicyclic) bond motifs is 1. The molecule has 1 aliphatic rings. The van der Waals surface area contributed by atoms with Crippen molar-refractivity contribution in [1.82, 2.24) is 10.1 Å². The summed E-state index contributed by atoms with van der Waals surface area (Å²) in [4.78, 5) is 2.33. The van der Waals surface area contributed by atoms with E-state index in [1.165, 1.54) is 0 Å². The van der Waals surface area contributed by atoms with Gasteiger partial charge in [-0.25, -0.2) is 0 Å². The van der Waals surface area contributed by atoms with E-state index in [0.29, 0.717) is 5.70 Å². The molecule has 1 saturated heterocycles. The summed E-state index contributed by atoms with van der Waals surface area (Å²) >= 11 is 0. The third kappa shape index (κ3) is 3.30. The highest BCUT2D eigenvalue weighted by Crippen LogP contribution is 2.32. The van der Waals surface area contributed by atoms with E-state index in [1.807, 2.05) is 42.5 Å². The number of rotatable bonds is 4. The van der Waals surface area contributed by atoms with Gasteiger partial charge in [-0.05, 0) is 49.7 Å². The van der Waals surface area contributed by atoms with Crippen LogP contribution in [0.5, 0.6) is 5.75 Å². The van der Waals surface area contributed by atoms with Crippen molar-refractivity contribution in [3.05, 3.63) is 54.6 Å². The van der Waals surface area contributed by atoms with Gasteiger partial charge >= 0.3 is 0 Å². The first-order chi connectivity index (χ1) is 12.6. The van der Waals surface area contributed by atoms with Crippen LogP contribution in [0.25, 0.3) is 27.9 Å². The molecule has 0 spiro atoms. The molecule has 4 rings (SSSR count). The Morgan fingerprint density at radius 2 is 2.04 bits per heavy atom. The van der Waals surface area contributed by atoms with Crippen molar-refractivity contribution in [3.8, 4) is 17.1 Å². The molecule has 1 fully saturated rings. The van der Waals surface area contributed by atoms with Crippen LogP contribution in [0.3, 0.4) is 0 Å². The van der Waals surface area contributed by atoms with Gasteiger partial charge in [0, 0.05) is 24.4 Å². The molecule has 26 heavy (non-hydrogen) atoms. The molecule has 0 aliphatic carbocycles. The van der Waals surface area contributed by atoms with Crippen molar-refractivity contribution in [2.75, 3.05) is 20.1 Å². The van der Waals surface area contributed by atoms with Crippen LogP contribution in [0.1, 0.15) is 18.4 Å². The van der Waals surface area contributed by atoms with Crippen LogP contribution in [-0.4, -0.2) is 36.3 Å². The molecule has 1 aromatic heterocycles. The van der Waals surface area contributed by atoms with Crippen molar-refractivity contribution in [2.45, 2.75) is 18.9 Å². The highest BCUT2D eigenvalue weighted by molar-refractivity contribution is 5.93. The molecule has 2 N–H and O–H groups in total. The van der Waals surface area contributed by atoms with Crippen molar-refractivity contribution >= 4 is 16.6 Å². The van der Waals surface area contributed by atoms with E-state index in [1.54, 1.807) is 0 Å². The maximum atomic E-state index is 6.19. The van der Waals surface area contributed by atoms with Crippen molar-refractivity contribution in [2.24, 2.45) is 5.73 Å². The second-order valence-electron chi connectivity index (χ2n) is 6.92. The molecule has 0 atom stereocenters. The molecule has 2 aromatic carbocycles. The van der Waals surface area contributed by atoms with E-state index < -0.39 is 0 Å². The molecule has 5 nitrogen and oxygen atoms in total. The van der Waals surface area contributed by atoms with Crippen LogP contribution < -0.4 is 10.5 Å². The number of piperidine rings is 1. The summed E-state index contributed by atoms with van der Waals surface area (Å²) in [6, 6.07) is 13.8. The van der Waals surface area contributed by atoms with Crippen LogP contribution in [0, 0.1) is 0 Å². The number of likely N-dealkylation sites (tertiary alicyclic amines) is 1. The van der Waals surface area contributed by atoms with E-state index in [-0.39, 0.29) is 6.10 Å². The smallest absolute Gasteiger partial charge is 0.174 e. The van der Waals surface area contributed by atoms with E-state index in [9.17, 15) is 0 Å². The highest BCUT2D eigenvalue weighted by Gasteiger charge is 2.19. The second kappa shape index (κ2) is 6.84. The first kappa shape index (κ1) is 16.7.